The molecule has 1 saturated carbocycles. The SMILES string of the molecule is COCCOc1ccc(C(=O)NCCOCCOCCNc2cccc3c2C(=O)N(C2CCC(=O)NC2=O)C3=O)c(-c2cc(C(CNC3CCC(N)CC3)c3ccccc3)ccc2Cl)c1F. The highest BCUT2D eigenvalue weighted by atomic mass is 35.5. The van der Waals surface area contributed by atoms with Gasteiger partial charge in [-0.25, -0.2) is 4.39 Å². The number of carbonyl (C=O) groups is 5. The van der Waals surface area contributed by atoms with E-state index in [-0.39, 0.29) is 104 Å². The summed E-state index contributed by atoms with van der Waals surface area (Å²) >= 11 is 6.86. The number of piperidine rings is 1. The van der Waals surface area contributed by atoms with E-state index in [0.29, 0.717) is 30.4 Å². The third kappa shape index (κ3) is 11.6. The second-order valence-electron chi connectivity index (χ2n) is 16.4. The number of nitrogens with zero attached hydrogens (tertiary/aromatic N) is 1. The number of fused-ring (bicyclic) bond motifs is 1. The summed E-state index contributed by atoms with van der Waals surface area (Å²) in [5.41, 5.74) is 9.36. The Morgan fingerprint density at radius 2 is 1.58 bits per heavy atom. The van der Waals surface area contributed by atoms with Crippen molar-refractivity contribution in [1.82, 2.24) is 20.9 Å². The maximum absolute atomic E-state index is 16.7. The number of amides is 5. The van der Waals surface area contributed by atoms with Gasteiger partial charge in [0.05, 0.1) is 49.7 Å². The molecule has 7 rings (SSSR count). The van der Waals surface area contributed by atoms with Gasteiger partial charge in [0.1, 0.15) is 12.6 Å². The Kier molecular flexibility index (Phi) is 16.9. The predicted molar refractivity (Wildman–Crippen MR) is 246 cm³/mol. The Bertz CT molecular complexity index is 2380. The van der Waals surface area contributed by atoms with Gasteiger partial charge in [-0.3, -0.25) is 34.2 Å². The van der Waals surface area contributed by atoms with Crippen LogP contribution in [0.15, 0.2) is 78.9 Å². The number of halogens is 2. The summed E-state index contributed by atoms with van der Waals surface area (Å²) in [5.74, 6) is -3.69. The molecule has 350 valence electrons. The highest BCUT2D eigenvalue weighted by Crippen LogP contribution is 2.40. The molecule has 2 atom stereocenters. The van der Waals surface area contributed by atoms with Gasteiger partial charge in [-0.15, -0.1) is 0 Å². The second kappa shape index (κ2) is 23.1. The molecule has 2 heterocycles. The van der Waals surface area contributed by atoms with Crippen molar-refractivity contribution in [3.05, 3.63) is 118 Å². The van der Waals surface area contributed by atoms with Crippen LogP contribution in [0, 0.1) is 5.82 Å². The lowest BCUT2D eigenvalue weighted by atomic mass is 9.87. The van der Waals surface area contributed by atoms with Gasteiger partial charge in [0, 0.05) is 73.0 Å². The average Bonchev–Trinajstić information content (AvgIpc) is 3.57. The molecule has 1 aliphatic carbocycles. The molecule has 17 heteroatoms. The summed E-state index contributed by atoms with van der Waals surface area (Å²) in [6.07, 6.45) is 4.03. The van der Waals surface area contributed by atoms with E-state index >= 15 is 4.39 Å². The van der Waals surface area contributed by atoms with Crippen molar-refractivity contribution in [1.29, 1.82) is 0 Å². The highest BCUT2D eigenvalue weighted by molar-refractivity contribution is 6.33. The molecule has 4 aromatic rings. The van der Waals surface area contributed by atoms with Crippen LogP contribution in [0.3, 0.4) is 0 Å². The topological polar surface area (TPSA) is 200 Å². The first-order valence-corrected chi connectivity index (χ1v) is 22.7. The number of hydrogen-bond acceptors (Lipinski definition) is 12. The third-order valence-corrected chi connectivity index (χ3v) is 12.4. The molecule has 0 bridgehead atoms. The quantitative estimate of drug-likeness (QED) is 0.0495. The molecule has 0 aromatic heterocycles. The molecule has 2 unspecified atom stereocenters. The van der Waals surface area contributed by atoms with E-state index < -0.39 is 41.4 Å². The van der Waals surface area contributed by atoms with E-state index in [1.165, 1.54) is 25.3 Å². The number of anilines is 1. The van der Waals surface area contributed by atoms with Crippen LogP contribution in [-0.4, -0.2) is 119 Å². The first-order chi connectivity index (χ1) is 32.0. The number of rotatable bonds is 22. The first kappa shape index (κ1) is 48.2. The van der Waals surface area contributed by atoms with E-state index in [9.17, 15) is 24.0 Å². The fraction of sp³-hybridized carbons (Fsp3) is 0.408. The molecule has 4 aromatic carbocycles. The summed E-state index contributed by atoms with van der Waals surface area (Å²) < 4.78 is 38.9. The van der Waals surface area contributed by atoms with E-state index in [2.05, 4.69) is 33.4 Å². The minimum absolute atomic E-state index is 0.0151. The van der Waals surface area contributed by atoms with Crippen LogP contribution in [0.2, 0.25) is 5.02 Å². The summed E-state index contributed by atoms with van der Waals surface area (Å²) in [4.78, 5) is 65.3. The van der Waals surface area contributed by atoms with E-state index in [0.717, 1.165) is 41.7 Å². The van der Waals surface area contributed by atoms with Crippen molar-refractivity contribution >= 4 is 46.8 Å². The molecular weight excluding hydrogens is 871 g/mol. The van der Waals surface area contributed by atoms with Crippen LogP contribution in [0.4, 0.5) is 10.1 Å². The summed E-state index contributed by atoms with van der Waals surface area (Å²) in [7, 11) is 1.52. The zero-order valence-corrected chi connectivity index (χ0v) is 37.6. The number of imide groups is 2. The average molecular weight is 927 g/mol. The molecule has 1 saturated heterocycles. The molecule has 2 aliphatic heterocycles. The van der Waals surface area contributed by atoms with Crippen LogP contribution in [0.25, 0.3) is 11.1 Å². The molecule has 2 fully saturated rings. The van der Waals surface area contributed by atoms with Crippen LogP contribution in [0.1, 0.15) is 86.6 Å². The zero-order chi connectivity index (χ0) is 46.6. The van der Waals surface area contributed by atoms with E-state index in [1.54, 1.807) is 18.2 Å². The fourth-order valence-electron chi connectivity index (χ4n) is 8.60. The van der Waals surface area contributed by atoms with Crippen molar-refractivity contribution in [2.24, 2.45) is 5.73 Å². The minimum atomic E-state index is -1.06. The van der Waals surface area contributed by atoms with Crippen molar-refractivity contribution in [2.45, 2.75) is 62.6 Å². The van der Waals surface area contributed by atoms with E-state index in [1.807, 2.05) is 30.3 Å². The number of carbonyl (C=O) groups excluding carboxylic acids is 5. The molecule has 0 spiro atoms. The Hall–Kier alpha value is -5.75. The summed E-state index contributed by atoms with van der Waals surface area (Å²) in [5, 5.41) is 12.2. The van der Waals surface area contributed by atoms with Crippen molar-refractivity contribution in [2.75, 3.05) is 71.7 Å². The maximum Gasteiger partial charge on any atom is 0.264 e. The Morgan fingerprint density at radius 1 is 0.818 bits per heavy atom. The smallest absolute Gasteiger partial charge is 0.264 e. The van der Waals surface area contributed by atoms with Gasteiger partial charge >= 0.3 is 0 Å². The van der Waals surface area contributed by atoms with Gasteiger partial charge < -0.3 is 40.6 Å². The molecule has 5 amide bonds. The molecule has 3 aliphatic rings. The fourth-order valence-corrected chi connectivity index (χ4v) is 8.81. The van der Waals surface area contributed by atoms with Gasteiger partial charge in [0.2, 0.25) is 11.8 Å². The molecule has 0 radical (unpaired) electrons. The van der Waals surface area contributed by atoms with Crippen molar-refractivity contribution < 1.29 is 47.3 Å². The molecule has 15 nitrogen and oxygen atoms in total. The van der Waals surface area contributed by atoms with Gasteiger partial charge in [-0.2, -0.15) is 0 Å². The zero-order valence-electron chi connectivity index (χ0n) is 36.9. The van der Waals surface area contributed by atoms with Crippen molar-refractivity contribution in [3.63, 3.8) is 0 Å². The minimum Gasteiger partial charge on any atom is -0.488 e. The number of benzene rings is 4. The van der Waals surface area contributed by atoms with Gasteiger partial charge in [0.15, 0.2) is 11.6 Å². The lowest BCUT2D eigenvalue weighted by Crippen LogP contribution is -2.54. The lowest BCUT2D eigenvalue weighted by molar-refractivity contribution is -0.136. The molecular formula is C49H56ClFN6O9. The number of nitrogens with one attached hydrogen (secondary N) is 4. The van der Waals surface area contributed by atoms with Gasteiger partial charge in [0.25, 0.3) is 17.7 Å². The Morgan fingerprint density at radius 3 is 2.32 bits per heavy atom. The number of hydrogen-bond donors (Lipinski definition) is 5. The van der Waals surface area contributed by atoms with Crippen LogP contribution < -0.4 is 31.7 Å². The maximum atomic E-state index is 16.7. The van der Waals surface area contributed by atoms with Crippen molar-refractivity contribution in [3.8, 4) is 16.9 Å². The van der Waals surface area contributed by atoms with Crippen LogP contribution in [0.5, 0.6) is 5.75 Å². The summed E-state index contributed by atoms with van der Waals surface area (Å²) in [6, 6.07) is 22.9. The lowest BCUT2D eigenvalue weighted by Gasteiger charge is -2.29. The predicted octanol–water partition coefficient (Wildman–Crippen LogP) is 5.44. The molecule has 6 N–H and O–H groups in total. The first-order valence-electron chi connectivity index (χ1n) is 22.4. The normalized spacial score (nSPS) is 18.8. The highest BCUT2D eigenvalue weighted by Gasteiger charge is 2.45. The van der Waals surface area contributed by atoms with Crippen LogP contribution >= 0.6 is 11.6 Å². The summed E-state index contributed by atoms with van der Waals surface area (Å²) in [6.45, 7) is 2.23. The monoisotopic (exact) mass is 926 g/mol. The largest absolute Gasteiger partial charge is 0.488 e. The standard InChI is InChI=1S/C49H56ClFN6O9/c1-63-24-27-66-41-18-15-34(43(45(41)51)36-28-31(10-16-38(36)50)37(30-6-3-2-4-7-30)29-55-33-13-11-32(52)12-14-33)46(59)54-21-23-65-26-25-64-22-20-53-39-9-5-8-35-44(39)49(62)57(48(35)61)40-17-19-42(58)56-47(40)60/h2-10,15-16,18,28,32-33,37,40,53,55H,11-14,17,19-27,29,52H2,1H3,(H,54,59)(H,56,58,60). The Balaban J connectivity index is 0.935. The van der Waals surface area contributed by atoms with Gasteiger partial charge in [-0.1, -0.05) is 54.1 Å². The third-order valence-electron chi connectivity index (χ3n) is 12.1. The second-order valence-corrected chi connectivity index (χ2v) is 16.9. The number of nitrogens with two attached hydrogens (primary N) is 1. The molecule has 66 heavy (non-hydrogen) atoms. The van der Waals surface area contributed by atoms with E-state index in [4.69, 9.17) is 36.3 Å². The number of methoxy groups -OCH3 is 1. The van der Waals surface area contributed by atoms with Gasteiger partial charge in [-0.05, 0) is 79.6 Å². The number of ether oxygens (including phenoxy) is 4. The van der Waals surface area contributed by atoms with Crippen LogP contribution in [-0.2, 0) is 23.8 Å². The Labute approximate surface area is 388 Å².